The summed E-state index contributed by atoms with van der Waals surface area (Å²) in [5.41, 5.74) is 10.9. The highest BCUT2D eigenvalue weighted by atomic mass is 15.1. The van der Waals surface area contributed by atoms with Crippen LogP contribution in [0, 0.1) is 6.92 Å². The number of nitrogen functional groups attached to an aromatic ring is 1. The lowest BCUT2D eigenvalue weighted by atomic mass is 10.1. The number of rotatable bonds is 3. The van der Waals surface area contributed by atoms with E-state index in [-0.39, 0.29) is 0 Å². The van der Waals surface area contributed by atoms with Gasteiger partial charge in [-0.3, -0.25) is 0 Å². The lowest BCUT2D eigenvalue weighted by Gasteiger charge is -2.07. The molecule has 0 spiro atoms. The fraction of sp³-hybridized carbons (Fsp3) is 0.118. The van der Waals surface area contributed by atoms with Gasteiger partial charge in [0.05, 0.1) is 11.0 Å². The van der Waals surface area contributed by atoms with Gasteiger partial charge in [0.15, 0.2) is 0 Å². The quantitative estimate of drug-likeness (QED) is 0.577. The second-order valence-electron chi connectivity index (χ2n) is 4.95. The lowest BCUT2D eigenvalue weighted by molar-refractivity contribution is 0.862. The minimum atomic E-state index is 0.726. The number of fused-ring (bicyclic) bond motifs is 1. The maximum absolute atomic E-state index is 5.85. The van der Waals surface area contributed by atoms with Crippen LogP contribution in [0.3, 0.4) is 0 Å². The summed E-state index contributed by atoms with van der Waals surface area (Å²) < 4.78 is 2.16. The summed E-state index contributed by atoms with van der Waals surface area (Å²) in [6, 6.07) is 14.2. The lowest BCUT2D eigenvalue weighted by Crippen LogP contribution is -1.98. The number of aromatic nitrogens is 2. The van der Waals surface area contributed by atoms with Gasteiger partial charge in [0.2, 0.25) is 0 Å². The zero-order valence-corrected chi connectivity index (χ0v) is 11.5. The molecule has 3 nitrogen and oxygen atoms in total. The molecule has 3 heteroatoms. The van der Waals surface area contributed by atoms with Crippen LogP contribution >= 0.6 is 0 Å². The first-order valence-electron chi connectivity index (χ1n) is 6.63. The molecule has 0 aliphatic carbocycles. The number of aryl methyl sites for hydroxylation is 1. The van der Waals surface area contributed by atoms with Gasteiger partial charge in [0.25, 0.3) is 0 Å². The number of nitrogens with two attached hydrogens (primary N) is 1. The van der Waals surface area contributed by atoms with E-state index in [2.05, 4.69) is 42.3 Å². The summed E-state index contributed by atoms with van der Waals surface area (Å²) in [6.45, 7) is 6.65. The van der Waals surface area contributed by atoms with Crippen LogP contribution in [0.25, 0.3) is 22.4 Å². The Labute approximate surface area is 118 Å². The SMILES string of the molecule is C=CCn1c(-c2cccc(C)c2)nc2cc(N)ccc21. The van der Waals surface area contributed by atoms with E-state index in [1.165, 1.54) is 5.56 Å². The standard InChI is InChI=1S/C17H17N3/c1-3-9-20-16-8-7-14(18)11-15(16)19-17(20)13-6-4-5-12(2)10-13/h3-8,10-11H,1,9,18H2,2H3. The fourth-order valence-corrected chi connectivity index (χ4v) is 2.47. The van der Waals surface area contributed by atoms with Crippen LogP contribution < -0.4 is 5.73 Å². The second-order valence-corrected chi connectivity index (χ2v) is 4.95. The molecule has 0 bridgehead atoms. The van der Waals surface area contributed by atoms with E-state index in [4.69, 9.17) is 10.7 Å². The van der Waals surface area contributed by atoms with Crippen LogP contribution in [-0.2, 0) is 6.54 Å². The molecule has 0 aliphatic rings. The highest BCUT2D eigenvalue weighted by Crippen LogP contribution is 2.26. The maximum Gasteiger partial charge on any atom is 0.141 e. The molecule has 0 unspecified atom stereocenters. The summed E-state index contributed by atoms with van der Waals surface area (Å²) >= 11 is 0. The first-order chi connectivity index (χ1) is 9.69. The van der Waals surface area contributed by atoms with Crippen LogP contribution in [0.4, 0.5) is 5.69 Å². The normalized spacial score (nSPS) is 10.8. The van der Waals surface area contributed by atoms with E-state index in [1.54, 1.807) is 0 Å². The van der Waals surface area contributed by atoms with Gasteiger partial charge in [-0.1, -0.05) is 29.8 Å². The van der Waals surface area contributed by atoms with Crippen molar-refractivity contribution in [3.63, 3.8) is 0 Å². The first kappa shape index (κ1) is 12.5. The van der Waals surface area contributed by atoms with Crippen molar-refractivity contribution in [1.29, 1.82) is 0 Å². The Hall–Kier alpha value is -2.55. The summed E-state index contributed by atoms with van der Waals surface area (Å²) in [5, 5.41) is 0. The summed E-state index contributed by atoms with van der Waals surface area (Å²) in [5.74, 6) is 0.953. The van der Waals surface area contributed by atoms with E-state index in [0.29, 0.717) is 0 Å². The van der Waals surface area contributed by atoms with E-state index in [9.17, 15) is 0 Å². The number of anilines is 1. The number of hydrogen-bond acceptors (Lipinski definition) is 2. The highest BCUT2D eigenvalue weighted by Gasteiger charge is 2.11. The minimum Gasteiger partial charge on any atom is -0.399 e. The Bertz CT molecular complexity index is 784. The van der Waals surface area contributed by atoms with Crippen LogP contribution in [0.5, 0.6) is 0 Å². The monoisotopic (exact) mass is 263 g/mol. The van der Waals surface area contributed by atoms with Crippen LogP contribution in [-0.4, -0.2) is 9.55 Å². The second kappa shape index (κ2) is 4.85. The van der Waals surface area contributed by atoms with Gasteiger partial charge in [-0.25, -0.2) is 4.98 Å². The van der Waals surface area contributed by atoms with E-state index in [1.807, 2.05) is 24.3 Å². The minimum absolute atomic E-state index is 0.726. The molecular formula is C17H17N3. The Morgan fingerprint density at radius 2 is 2.10 bits per heavy atom. The van der Waals surface area contributed by atoms with Crippen LogP contribution in [0.1, 0.15) is 5.56 Å². The third kappa shape index (κ3) is 2.07. The molecule has 0 atom stereocenters. The van der Waals surface area contributed by atoms with Gasteiger partial charge in [0.1, 0.15) is 5.82 Å². The molecule has 2 N–H and O–H groups in total. The highest BCUT2D eigenvalue weighted by molar-refractivity contribution is 5.83. The van der Waals surface area contributed by atoms with Gasteiger partial charge in [-0.2, -0.15) is 0 Å². The predicted molar refractivity (Wildman–Crippen MR) is 84.5 cm³/mol. The molecule has 0 aliphatic heterocycles. The number of imidazole rings is 1. The van der Waals surface area contributed by atoms with Gasteiger partial charge in [-0.05, 0) is 31.2 Å². The smallest absolute Gasteiger partial charge is 0.141 e. The third-order valence-electron chi connectivity index (χ3n) is 3.36. The molecule has 3 rings (SSSR count). The van der Waals surface area contributed by atoms with Gasteiger partial charge in [0, 0.05) is 17.8 Å². The molecule has 3 aromatic rings. The molecule has 1 heterocycles. The molecule has 20 heavy (non-hydrogen) atoms. The molecule has 0 fully saturated rings. The summed E-state index contributed by atoms with van der Waals surface area (Å²) in [7, 11) is 0. The van der Waals surface area contributed by atoms with Crippen molar-refractivity contribution < 1.29 is 0 Å². The first-order valence-corrected chi connectivity index (χ1v) is 6.63. The third-order valence-corrected chi connectivity index (χ3v) is 3.36. The van der Waals surface area contributed by atoms with Crippen molar-refractivity contribution in [3.8, 4) is 11.4 Å². The zero-order valence-electron chi connectivity index (χ0n) is 11.5. The van der Waals surface area contributed by atoms with Gasteiger partial charge >= 0.3 is 0 Å². The molecule has 1 aromatic heterocycles. The van der Waals surface area contributed by atoms with Crippen molar-refractivity contribution >= 4 is 16.7 Å². The Kier molecular flexibility index (Phi) is 3.03. The number of nitrogens with zero attached hydrogens (tertiary/aromatic N) is 2. The maximum atomic E-state index is 5.85. The predicted octanol–water partition coefficient (Wildman–Crippen LogP) is 3.78. The number of benzene rings is 2. The molecule has 0 saturated carbocycles. The topological polar surface area (TPSA) is 43.8 Å². The average molecular weight is 263 g/mol. The summed E-state index contributed by atoms with van der Waals surface area (Å²) in [6.07, 6.45) is 1.89. The largest absolute Gasteiger partial charge is 0.399 e. The van der Waals surface area contributed by atoms with Gasteiger partial charge in [-0.15, -0.1) is 6.58 Å². The van der Waals surface area contributed by atoms with Gasteiger partial charge < -0.3 is 10.3 Å². The average Bonchev–Trinajstić information content (AvgIpc) is 2.77. The Morgan fingerprint density at radius 1 is 1.25 bits per heavy atom. The van der Waals surface area contributed by atoms with E-state index >= 15 is 0 Å². The van der Waals surface area contributed by atoms with Crippen molar-refractivity contribution in [2.75, 3.05) is 5.73 Å². The van der Waals surface area contributed by atoms with Crippen molar-refractivity contribution in [2.45, 2.75) is 13.5 Å². The summed E-state index contributed by atoms with van der Waals surface area (Å²) in [4.78, 5) is 4.74. The molecule has 2 aromatic carbocycles. The number of hydrogen-bond donors (Lipinski definition) is 1. The van der Waals surface area contributed by atoms with Crippen LogP contribution in [0.2, 0.25) is 0 Å². The number of allylic oxidation sites excluding steroid dienone is 1. The zero-order chi connectivity index (χ0) is 14.1. The van der Waals surface area contributed by atoms with Crippen molar-refractivity contribution in [2.24, 2.45) is 0 Å². The molecule has 0 saturated heterocycles. The van der Waals surface area contributed by atoms with Crippen molar-refractivity contribution in [3.05, 3.63) is 60.7 Å². The molecule has 0 radical (unpaired) electrons. The molecular weight excluding hydrogens is 246 g/mol. The van der Waals surface area contributed by atoms with Crippen molar-refractivity contribution in [1.82, 2.24) is 9.55 Å². The van der Waals surface area contributed by atoms with E-state index in [0.717, 1.165) is 34.7 Å². The molecule has 0 amide bonds. The van der Waals surface area contributed by atoms with E-state index < -0.39 is 0 Å². The fourth-order valence-electron chi connectivity index (χ4n) is 2.47. The Balaban J connectivity index is 2.28. The Morgan fingerprint density at radius 3 is 2.85 bits per heavy atom. The molecule has 100 valence electrons. The van der Waals surface area contributed by atoms with Crippen LogP contribution in [0.15, 0.2) is 55.1 Å².